The van der Waals surface area contributed by atoms with E-state index in [1.165, 1.54) is 122 Å². The number of rotatable bonds is 48. The summed E-state index contributed by atoms with van der Waals surface area (Å²) in [6, 6.07) is 0. The van der Waals surface area contributed by atoms with Gasteiger partial charge in [-0.2, -0.15) is 0 Å². The number of carbonyl (C=O) groups is 3. The van der Waals surface area contributed by atoms with E-state index in [1.54, 1.807) is 0 Å². The van der Waals surface area contributed by atoms with Crippen LogP contribution in [0.3, 0.4) is 0 Å². The first-order chi connectivity index (χ1) is 31.5. The molecule has 368 valence electrons. The largest absolute Gasteiger partial charge is 0.462 e. The van der Waals surface area contributed by atoms with E-state index in [4.69, 9.17) is 14.2 Å². The Hall–Kier alpha value is -3.15. The average molecular weight is 893 g/mol. The van der Waals surface area contributed by atoms with Gasteiger partial charge in [0.05, 0.1) is 0 Å². The van der Waals surface area contributed by atoms with Crippen molar-refractivity contribution in [1.82, 2.24) is 0 Å². The Labute approximate surface area is 395 Å². The second-order valence-corrected chi connectivity index (χ2v) is 17.8. The highest BCUT2D eigenvalue weighted by molar-refractivity contribution is 5.71. The number of unbranched alkanes of at least 4 members (excludes halogenated alkanes) is 26. The van der Waals surface area contributed by atoms with Crippen LogP contribution in [-0.4, -0.2) is 37.2 Å². The van der Waals surface area contributed by atoms with E-state index in [9.17, 15) is 14.4 Å². The summed E-state index contributed by atoms with van der Waals surface area (Å²) in [5.74, 6) is -0.980. The second kappa shape index (κ2) is 52.5. The van der Waals surface area contributed by atoms with Gasteiger partial charge in [-0.05, 0) is 96.3 Å². The zero-order valence-corrected chi connectivity index (χ0v) is 42.0. The summed E-state index contributed by atoms with van der Waals surface area (Å²) in [5, 5.41) is 0. The molecule has 0 saturated heterocycles. The molecule has 0 amide bonds. The molecule has 0 saturated carbocycles. The summed E-state index contributed by atoms with van der Waals surface area (Å²) >= 11 is 0. The molecule has 0 aromatic rings. The van der Waals surface area contributed by atoms with Crippen LogP contribution in [0.4, 0.5) is 0 Å². The molecule has 0 aliphatic heterocycles. The maximum absolute atomic E-state index is 12.8. The SMILES string of the molecule is CCCC/C=C\CCCCCCCC(=O)OCC(COC(=O)CCCCCCC/C=C\C=C/CCCCCCCCC)OC(=O)CCC/C=C\C/C=C\C/C=C\CCCCCCCC. The standard InChI is InChI=1S/C58H100O6/c1-4-7-10-13-16-19-22-24-26-28-30-31-33-36-39-42-45-48-51-57(60)63-54-55(53-62-56(59)50-47-44-41-38-35-21-18-15-12-9-6-3)64-58(61)52-49-46-43-40-37-34-32-29-27-25-23-20-17-14-11-8-5-2/h15,18,25-28,30-32,34,40,43,55H,4-14,16-17,19-24,29,33,35-39,41-42,44-54H2,1-3H3/b18-15-,27-25-,28-26-,31-30-,34-32-,43-40-. The summed E-state index contributed by atoms with van der Waals surface area (Å²) < 4.78 is 16.7. The van der Waals surface area contributed by atoms with Gasteiger partial charge in [0.15, 0.2) is 6.10 Å². The Morgan fingerprint density at radius 2 is 0.641 bits per heavy atom. The van der Waals surface area contributed by atoms with Crippen LogP contribution < -0.4 is 0 Å². The normalized spacial score (nSPS) is 12.6. The third-order valence-electron chi connectivity index (χ3n) is 11.4. The Morgan fingerprint density at radius 3 is 1.08 bits per heavy atom. The molecular weight excluding hydrogens is 793 g/mol. The van der Waals surface area contributed by atoms with Crippen molar-refractivity contribution in [3.05, 3.63) is 72.9 Å². The van der Waals surface area contributed by atoms with Crippen molar-refractivity contribution in [2.75, 3.05) is 13.2 Å². The van der Waals surface area contributed by atoms with E-state index in [0.29, 0.717) is 19.3 Å². The molecule has 0 fully saturated rings. The Bertz CT molecular complexity index is 1210. The fraction of sp³-hybridized carbons (Fsp3) is 0.741. The van der Waals surface area contributed by atoms with Crippen molar-refractivity contribution in [2.24, 2.45) is 0 Å². The molecule has 0 heterocycles. The highest BCUT2D eigenvalue weighted by Crippen LogP contribution is 2.13. The van der Waals surface area contributed by atoms with Gasteiger partial charge in [0.2, 0.25) is 0 Å². The number of hydrogen-bond donors (Lipinski definition) is 0. The molecule has 1 atom stereocenters. The van der Waals surface area contributed by atoms with Gasteiger partial charge in [-0.3, -0.25) is 14.4 Å². The first-order valence-corrected chi connectivity index (χ1v) is 27.0. The second-order valence-electron chi connectivity index (χ2n) is 17.8. The van der Waals surface area contributed by atoms with Crippen molar-refractivity contribution in [3.8, 4) is 0 Å². The predicted molar refractivity (Wildman–Crippen MR) is 274 cm³/mol. The van der Waals surface area contributed by atoms with Crippen LogP contribution in [0.1, 0.15) is 258 Å². The molecule has 0 spiro atoms. The molecule has 0 rings (SSSR count). The smallest absolute Gasteiger partial charge is 0.306 e. The van der Waals surface area contributed by atoms with Crippen molar-refractivity contribution in [3.63, 3.8) is 0 Å². The molecule has 0 aromatic heterocycles. The Balaban J connectivity index is 4.46. The maximum atomic E-state index is 12.8. The van der Waals surface area contributed by atoms with Gasteiger partial charge in [-0.1, -0.05) is 216 Å². The summed E-state index contributed by atoms with van der Waals surface area (Å²) in [5.41, 5.74) is 0. The minimum Gasteiger partial charge on any atom is -0.462 e. The van der Waals surface area contributed by atoms with Gasteiger partial charge >= 0.3 is 17.9 Å². The predicted octanol–water partition coefficient (Wildman–Crippen LogP) is 17.8. The molecule has 0 bridgehead atoms. The highest BCUT2D eigenvalue weighted by Gasteiger charge is 2.19. The monoisotopic (exact) mass is 893 g/mol. The number of allylic oxidation sites excluding steroid dienone is 12. The molecule has 1 unspecified atom stereocenters. The molecule has 0 aromatic carbocycles. The average Bonchev–Trinajstić information content (AvgIpc) is 3.29. The zero-order valence-electron chi connectivity index (χ0n) is 42.0. The third kappa shape index (κ3) is 49.9. The van der Waals surface area contributed by atoms with Gasteiger partial charge in [0, 0.05) is 19.3 Å². The summed E-state index contributed by atoms with van der Waals surface area (Å²) in [6.45, 7) is 6.53. The topological polar surface area (TPSA) is 78.9 Å². The van der Waals surface area contributed by atoms with Gasteiger partial charge in [-0.15, -0.1) is 0 Å². The van der Waals surface area contributed by atoms with Crippen molar-refractivity contribution in [1.29, 1.82) is 0 Å². The van der Waals surface area contributed by atoms with E-state index >= 15 is 0 Å². The number of carbonyl (C=O) groups excluding carboxylic acids is 3. The van der Waals surface area contributed by atoms with Crippen LogP contribution in [0.15, 0.2) is 72.9 Å². The molecule has 0 N–H and O–H groups in total. The van der Waals surface area contributed by atoms with Crippen molar-refractivity contribution < 1.29 is 28.6 Å². The van der Waals surface area contributed by atoms with Crippen LogP contribution in [0, 0.1) is 0 Å². The zero-order chi connectivity index (χ0) is 46.5. The molecule has 64 heavy (non-hydrogen) atoms. The minimum atomic E-state index is -0.811. The van der Waals surface area contributed by atoms with Crippen LogP contribution in [0.5, 0.6) is 0 Å². The lowest BCUT2D eigenvalue weighted by Gasteiger charge is -2.18. The summed E-state index contributed by atoms with van der Waals surface area (Å²) in [4.78, 5) is 38.0. The van der Waals surface area contributed by atoms with Crippen LogP contribution in [0.2, 0.25) is 0 Å². The van der Waals surface area contributed by atoms with Crippen LogP contribution in [0.25, 0.3) is 0 Å². The lowest BCUT2D eigenvalue weighted by Crippen LogP contribution is -2.30. The van der Waals surface area contributed by atoms with E-state index in [-0.39, 0.29) is 37.5 Å². The van der Waals surface area contributed by atoms with Crippen molar-refractivity contribution in [2.45, 2.75) is 264 Å². The van der Waals surface area contributed by atoms with Gasteiger partial charge in [0.25, 0.3) is 0 Å². The van der Waals surface area contributed by atoms with Gasteiger partial charge < -0.3 is 14.2 Å². The third-order valence-corrected chi connectivity index (χ3v) is 11.4. The first kappa shape index (κ1) is 60.9. The molecule has 0 aliphatic carbocycles. The molecule has 6 heteroatoms. The fourth-order valence-corrected chi connectivity index (χ4v) is 7.31. The van der Waals surface area contributed by atoms with Gasteiger partial charge in [-0.25, -0.2) is 0 Å². The van der Waals surface area contributed by atoms with E-state index < -0.39 is 6.10 Å². The number of ether oxygens (including phenoxy) is 3. The summed E-state index contributed by atoms with van der Waals surface area (Å²) in [6.07, 6.45) is 66.1. The Kier molecular flexibility index (Phi) is 49.9. The maximum Gasteiger partial charge on any atom is 0.306 e. The lowest BCUT2D eigenvalue weighted by atomic mass is 10.1. The summed E-state index contributed by atoms with van der Waals surface area (Å²) in [7, 11) is 0. The van der Waals surface area contributed by atoms with E-state index in [2.05, 4.69) is 93.7 Å². The minimum absolute atomic E-state index is 0.105. The van der Waals surface area contributed by atoms with E-state index in [0.717, 1.165) is 89.9 Å². The lowest BCUT2D eigenvalue weighted by molar-refractivity contribution is -0.167. The van der Waals surface area contributed by atoms with Crippen LogP contribution in [-0.2, 0) is 28.6 Å². The highest BCUT2D eigenvalue weighted by atomic mass is 16.6. The van der Waals surface area contributed by atoms with E-state index in [1.807, 2.05) is 0 Å². The molecular formula is C58H100O6. The van der Waals surface area contributed by atoms with Crippen LogP contribution >= 0.6 is 0 Å². The van der Waals surface area contributed by atoms with Gasteiger partial charge in [0.1, 0.15) is 13.2 Å². The number of esters is 3. The molecule has 0 radical (unpaired) electrons. The van der Waals surface area contributed by atoms with Crippen molar-refractivity contribution >= 4 is 17.9 Å². The number of hydrogen-bond acceptors (Lipinski definition) is 6. The quantitative estimate of drug-likeness (QED) is 0.0199. The Morgan fingerprint density at radius 1 is 0.328 bits per heavy atom. The molecule has 6 nitrogen and oxygen atoms in total. The first-order valence-electron chi connectivity index (χ1n) is 27.0. The fourth-order valence-electron chi connectivity index (χ4n) is 7.31. The molecule has 0 aliphatic rings.